The van der Waals surface area contributed by atoms with Gasteiger partial charge in [-0.3, -0.25) is 9.59 Å². The largest absolute Gasteiger partial charge is 0.466 e. The Balaban J connectivity index is 1.92. The van der Waals surface area contributed by atoms with Crippen molar-refractivity contribution < 1.29 is 49.3 Å². The Hall–Kier alpha value is -2.38. The Morgan fingerprint density at radius 1 is 0.463 bits per heavy atom. The molecule has 0 bridgehead atoms. The standard InChI is InChI=1S/C71H131NO10/c1-3-5-7-9-11-13-14-15-16-17-26-30-33-36-39-43-47-51-55-59-67(76)80-60-56-52-48-44-40-37-34-31-28-25-23-21-19-18-20-22-24-27-29-32-35-38-42-46-50-54-58-66(75)72-63(64(74)57-53-49-45-41-12-10-8-6-4-2)62-81-71-70(79)69(78)68(77)65(61-73)82-71/h4,6,12,18,20,41,53,57,63-65,68-71,73-74,77-79H,3,5,7-11,13-17,19,21-40,42-52,54-56,58-62H2,1-2H3,(H,72,75)/b6-4+,20-18-,41-12+,57-53+. The molecule has 1 aliphatic heterocycles. The second-order valence-electron chi connectivity index (χ2n) is 24.2. The minimum absolute atomic E-state index is 0.00846. The molecular weight excluding hydrogens is 1030 g/mol. The highest BCUT2D eigenvalue weighted by Gasteiger charge is 2.44. The van der Waals surface area contributed by atoms with Crippen LogP contribution in [0.1, 0.15) is 328 Å². The predicted molar refractivity (Wildman–Crippen MR) is 343 cm³/mol. The van der Waals surface area contributed by atoms with Crippen molar-refractivity contribution in [2.75, 3.05) is 19.8 Å². The van der Waals surface area contributed by atoms with E-state index in [9.17, 15) is 35.1 Å². The Labute approximate surface area is 504 Å². The van der Waals surface area contributed by atoms with Crippen LogP contribution in [0.25, 0.3) is 0 Å². The molecule has 11 heteroatoms. The Kier molecular flexibility index (Phi) is 57.1. The molecule has 1 saturated heterocycles. The van der Waals surface area contributed by atoms with E-state index in [1.54, 1.807) is 6.08 Å². The van der Waals surface area contributed by atoms with Gasteiger partial charge in [-0.05, 0) is 77.6 Å². The highest BCUT2D eigenvalue weighted by molar-refractivity contribution is 5.76. The van der Waals surface area contributed by atoms with E-state index in [0.29, 0.717) is 19.4 Å². The van der Waals surface area contributed by atoms with E-state index in [2.05, 4.69) is 42.6 Å². The minimum Gasteiger partial charge on any atom is -0.466 e. The molecule has 11 nitrogen and oxygen atoms in total. The number of ether oxygens (including phenoxy) is 3. The number of allylic oxidation sites excluding steroid dienone is 7. The second-order valence-corrected chi connectivity index (χ2v) is 24.2. The maximum absolute atomic E-state index is 13.0. The van der Waals surface area contributed by atoms with E-state index in [0.717, 1.165) is 70.6 Å². The highest BCUT2D eigenvalue weighted by atomic mass is 16.7. The summed E-state index contributed by atoms with van der Waals surface area (Å²) in [5, 5.41) is 54.2. The van der Waals surface area contributed by atoms with Gasteiger partial charge in [0, 0.05) is 12.8 Å². The van der Waals surface area contributed by atoms with Crippen molar-refractivity contribution in [3.05, 3.63) is 48.6 Å². The summed E-state index contributed by atoms with van der Waals surface area (Å²) in [5.74, 6) is -0.192. The lowest BCUT2D eigenvalue weighted by Crippen LogP contribution is -2.60. The number of unbranched alkanes of at least 4 members (excludes halogenated alkanes) is 42. The van der Waals surface area contributed by atoms with Crippen molar-refractivity contribution >= 4 is 11.9 Å². The lowest BCUT2D eigenvalue weighted by Gasteiger charge is -2.40. The van der Waals surface area contributed by atoms with Gasteiger partial charge >= 0.3 is 5.97 Å². The van der Waals surface area contributed by atoms with Gasteiger partial charge in [-0.1, -0.05) is 287 Å². The van der Waals surface area contributed by atoms with Crippen LogP contribution >= 0.6 is 0 Å². The molecule has 0 aromatic heterocycles. The van der Waals surface area contributed by atoms with Crippen LogP contribution in [0.5, 0.6) is 0 Å². The molecule has 7 atom stereocenters. The third-order valence-electron chi connectivity index (χ3n) is 16.5. The molecule has 6 N–H and O–H groups in total. The zero-order chi connectivity index (χ0) is 59.5. The van der Waals surface area contributed by atoms with E-state index in [1.807, 2.05) is 19.1 Å². The van der Waals surface area contributed by atoms with Crippen LogP contribution in [-0.4, -0.2) is 100 Å². The zero-order valence-corrected chi connectivity index (χ0v) is 53.2. The lowest BCUT2D eigenvalue weighted by molar-refractivity contribution is -0.302. The van der Waals surface area contributed by atoms with Crippen LogP contribution in [0.3, 0.4) is 0 Å². The molecule has 0 spiro atoms. The summed E-state index contributed by atoms with van der Waals surface area (Å²) in [6, 6.07) is -0.835. The number of aliphatic hydroxyl groups excluding tert-OH is 5. The summed E-state index contributed by atoms with van der Waals surface area (Å²) in [6.45, 7) is 4.11. The summed E-state index contributed by atoms with van der Waals surface area (Å²) < 4.78 is 16.7. The Bertz CT molecular complexity index is 1500. The smallest absolute Gasteiger partial charge is 0.305 e. The van der Waals surface area contributed by atoms with Gasteiger partial charge in [-0.2, -0.15) is 0 Å². The van der Waals surface area contributed by atoms with E-state index in [4.69, 9.17) is 14.2 Å². The van der Waals surface area contributed by atoms with E-state index < -0.39 is 49.5 Å². The van der Waals surface area contributed by atoms with E-state index >= 15 is 0 Å². The molecule has 1 amide bonds. The summed E-state index contributed by atoms with van der Waals surface area (Å²) in [5.41, 5.74) is 0. The molecule has 7 unspecified atom stereocenters. The fourth-order valence-electron chi connectivity index (χ4n) is 11.0. The highest BCUT2D eigenvalue weighted by Crippen LogP contribution is 2.23. The molecular formula is C71H131NO10. The third-order valence-corrected chi connectivity index (χ3v) is 16.5. The van der Waals surface area contributed by atoms with Crippen molar-refractivity contribution in [3.8, 4) is 0 Å². The maximum Gasteiger partial charge on any atom is 0.305 e. The number of carbonyl (C=O) groups is 2. The Morgan fingerprint density at radius 3 is 1.28 bits per heavy atom. The van der Waals surface area contributed by atoms with Gasteiger partial charge < -0.3 is 45.1 Å². The molecule has 0 aliphatic carbocycles. The third kappa shape index (κ3) is 48.8. The van der Waals surface area contributed by atoms with Gasteiger partial charge in [0.1, 0.15) is 24.4 Å². The number of nitrogens with one attached hydrogen (secondary N) is 1. The molecule has 1 aliphatic rings. The number of amides is 1. The molecule has 480 valence electrons. The molecule has 0 aromatic rings. The number of aliphatic hydroxyl groups is 5. The number of hydrogen-bond donors (Lipinski definition) is 6. The van der Waals surface area contributed by atoms with Gasteiger partial charge in [0.15, 0.2) is 6.29 Å². The topological polar surface area (TPSA) is 175 Å². The van der Waals surface area contributed by atoms with Crippen molar-refractivity contribution in [2.24, 2.45) is 0 Å². The SMILES string of the molecule is C/C=C/CC/C=C/CC/C=C/C(O)C(COC1OC(CO)C(O)C(O)C1O)NC(=O)CCCCCCCCCCCC/C=C\CCCCCCCCCCCCCCOC(=O)CCCCCCCCCCCCCCCCCCCCC. The number of rotatable bonds is 61. The number of hydrogen-bond acceptors (Lipinski definition) is 10. The molecule has 0 radical (unpaired) electrons. The quantitative estimate of drug-likeness (QED) is 0.0195. The minimum atomic E-state index is -1.58. The fourth-order valence-corrected chi connectivity index (χ4v) is 11.0. The van der Waals surface area contributed by atoms with Crippen LogP contribution in [-0.2, 0) is 23.8 Å². The molecule has 82 heavy (non-hydrogen) atoms. The average Bonchev–Trinajstić information content (AvgIpc) is 3.48. The van der Waals surface area contributed by atoms with Gasteiger partial charge in [0.2, 0.25) is 5.91 Å². The van der Waals surface area contributed by atoms with E-state index in [-0.39, 0.29) is 18.5 Å². The first kappa shape index (κ1) is 77.6. The zero-order valence-electron chi connectivity index (χ0n) is 53.2. The lowest BCUT2D eigenvalue weighted by atomic mass is 9.99. The van der Waals surface area contributed by atoms with Gasteiger partial charge in [0.05, 0.1) is 32.0 Å². The van der Waals surface area contributed by atoms with Crippen LogP contribution in [0, 0.1) is 0 Å². The Morgan fingerprint density at radius 2 is 0.841 bits per heavy atom. The number of carbonyl (C=O) groups excluding carboxylic acids is 2. The first-order chi connectivity index (χ1) is 40.2. The molecule has 0 aromatic carbocycles. The average molecular weight is 1160 g/mol. The normalized spacial score (nSPS) is 18.5. The number of esters is 1. The first-order valence-corrected chi connectivity index (χ1v) is 34.9. The predicted octanol–water partition coefficient (Wildman–Crippen LogP) is 17.6. The van der Waals surface area contributed by atoms with Gasteiger partial charge in [-0.25, -0.2) is 0 Å². The fraction of sp³-hybridized carbons (Fsp3) is 0.859. The van der Waals surface area contributed by atoms with Crippen LogP contribution in [0.2, 0.25) is 0 Å². The van der Waals surface area contributed by atoms with E-state index in [1.165, 1.54) is 231 Å². The summed E-state index contributed by atoms with van der Waals surface area (Å²) >= 11 is 0. The maximum atomic E-state index is 13.0. The first-order valence-electron chi connectivity index (χ1n) is 34.9. The van der Waals surface area contributed by atoms with Crippen molar-refractivity contribution in [2.45, 2.75) is 371 Å². The van der Waals surface area contributed by atoms with Crippen molar-refractivity contribution in [1.29, 1.82) is 0 Å². The molecule has 1 fully saturated rings. The van der Waals surface area contributed by atoms with Crippen molar-refractivity contribution in [1.82, 2.24) is 5.32 Å². The van der Waals surface area contributed by atoms with Gasteiger partial charge in [0.25, 0.3) is 0 Å². The monoisotopic (exact) mass is 1160 g/mol. The second kappa shape index (κ2) is 60.3. The van der Waals surface area contributed by atoms with Crippen LogP contribution < -0.4 is 5.32 Å². The summed E-state index contributed by atoms with van der Waals surface area (Å²) in [6.07, 6.45) is 68.6. The summed E-state index contributed by atoms with van der Waals surface area (Å²) in [7, 11) is 0. The molecule has 1 rings (SSSR count). The summed E-state index contributed by atoms with van der Waals surface area (Å²) in [4.78, 5) is 25.1. The molecule has 1 heterocycles. The van der Waals surface area contributed by atoms with Crippen LogP contribution in [0.15, 0.2) is 48.6 Å². The van der Waals surface area contributed by atoms with Gasteiger partial charge in [-0.15, -0.1) is 0 Å². The molecule has 0 saturated carbocycles. The van der Waals surface area contributed by atoms with Crippen LogP contribution in [0.4, 0.5) is 0 Å². The van der Waals surface area contributed by atoms with Crippen molar-refractivity contribution in [3.63, 3.8) is 0 Å².